The lowest BCUT2D eigenvalue weighted by Crippen LogP contribution is -2.37. The molecule has 5 nitrogen and oxygen atoms in total. The molecular weight excluding hydrogens is 328 g/mol. The predicted molar refractivity (Wildman–Crippen MR) is 100 cm³/mol. The molecule has 0 N–H and O–H groups in total. The van der Waals surface area contributed by atoms with Crippen molar-refractivity contribution in [3.63, 3.8) is 0 Å². The Morgan fingerprint density at radius 2 is 1.81 bits per heavy atom. The Kier molecular flexibility index (Phi) is 6.62. The second-order valence-corrected chi connectivity index (χ2v) is 6.28. The Hall–Kier alpha value is -3.00. The van der Waals surface area contributed by atoms with Gasteiger partial charge in [-0.1, -0.05) is 12.1 Å². The van der Waals surface area contributed by atoms with Crippen molar-refractivity contribution in [1.82, 2.24) is 4.90 Å². The average Bonchev–Trinajstić information content (AvgIpc) is 2.66. The van der Waals surface area contributed by atoms with E-state index in [0.29, 0.717) is 23.6 Å². The summed E-state index contributed by atoms with van der Waals surface area (Å²) in [6.07, 6.45) is 0.231. The molecule has 0 spiro atoms. The van der Waals surface area contributed by atoms with Crippen LogP contribution in [0.1, 0.15) is 30.5 Å². The second kappa shape index (κ2) is 8.91. The number of methoxy groups -OCH3 is 2. The van der Waals surface area contributed by atoms with Gasteiger partial charge in [-0.15, -0.1) is 0 Å². The van der Waals surface area contributed by atoms with Gasteiger partial charge in [0, 0.05) is 18.2 Å². The molecule has 0 saturated carbocycles. The molecule has 0 aliphatic heterocycles. The molecule has 0 heterocycles. The van der Waals surface area contributed by atoms with Gasteiger partial charge in [0.05, 0.1) is 32.3 Å². The molecule has 26 heavy (non-hydrogen) atoms. The highest BCUT2D eigenvalue weighted by Gasteiger charge is 2.20. The Morgan fingerprint density at radius 3 is 2.35 bits per heavy atom. The average molecular weight is 352 g/mol. The van der Waals surface area contributed by atoms with E-state index >= 15 is 0 Å². The standard InChI is InChI=1S/C21H24N2O3/c1-15(2)23(14-17-7-5-16(13-22)6-8-17)21(24)12-18-11-19(25-3)9-10-20(18)26-4/h5-11,15H,12,14H2,1-4H3. The van der Waals surface area contributed by atoms with Crippen molar-refractivity contribution >= 4 is 5.91 Å². The van der Waals surface area contributed by atoms with E-state index < -0.39 is 0 Å². The summed E-state index contributed by atoms with van der Waals surface area (Å²) in [5.41, 5.74) is 2.39. The van der Waals surface area contributed by atoms with Gasteiger partial charge in [-0.25, -0.2) is 0 Å². The van der Waals surface area contributed by atoms with Gasteiger partial charge in [-0.3, -0.25) is 4.79 Å². The molecule has 1 amide bonds. The molecule has 2 aromatic rings. The Balaban J connectivity index is 2.19. The Morgan fingerprint density at radius 1 is 1.12 bits per heavy atom. The second-order valence-electron chi connectivity index (χ2n) is 6.28. The molecule has 0 aliphatic rings. The van der Waals surface area contributed by atoms with Crippen LogP contribution in [0.25, 0.3) is 0 Å². The van der Waals surface area contributed by atoms with E-state index in [-0.39, 0.29) is 18.4 Å². The minimum absolute atomic E-state index is 0.0101. The number of benzene rings is 2. The third kappa shape index (κ3) is 4.76. The Bertz CT molecular complexity index is 792. The monoisotopic (exact) mass is 352 g/mol. The van der Waals surface area contributed by atoms with E-state index in [0.717, 1.165) is 11.1 Å². The fourth-order valence-corrected chi connectivity index (χ4v) is 2.72. The highest BCUT2D eigenvalue weighted by Crippen LogP contribution is 2.25. The number of nitrogens with zero attached hydrogens (tertiary/aromatic N) is 2. The quantitative estimate of drug-likeness (QED) is 0.764. The molecule has 0 unspecified atom stereocenters. The third-order valence-electron chi connectivity index (χ3n) is 4.21. The summed E-state index contributed by atoms with van der Waals surface area (Å²) >= 11 is 0. The number of ether oxygens (including phenoxy) is 2. The number of nitriles is 1. The lowest BCUT2D eigenvalue weighted by molar-refractivity contribution is -0.132. The summed E-state index contributed by atoms with van der Waals surface area (Å²) in [5, 5.41) is 8.91. The largest absolute Gasteiger partial charge is 0.497 e. The van der Waals surface area contributed by atoms with Crippen LogP contribution >= 0.6 is 0 Å². The molecule has 0 bridgehead atoms. The van der Waals surface area contributed by atoms with Crippen molar-refractivity contribution < 1.29 is 14.3 Å². The van der Waals surface area contributed by atoms with E-state index in [1.165, 1.54) is 0 Å². The van der Waals surface area contributed by atoms with Crippen LogP contribution in [0.3, 0.4) is 0 Å². The van der Waals surface area contributed by atoms with Crippen molar-refractivity contribution in [2.45, 2.75) is 32.9 Å². The van der Waals surface area contributed by atoms with Gasteiger partial charge >= 0.3 is 0 Å². The van der Waals surface area contributed by atoms with E-state index in [1.54, 1.807) is 26.4 Å². The van der Waals surface area contributed by atoms with Gasteiger partial charge in [0.25, 0.3) is 0 Å². The Labute approximate surface area is 154 Å². The summed E-state index contributed by atoms with van der Waals surface area (Å²) in [7, 11) is 3.19. The zero-order chi connectivity index (χ0) is 19.1. The summed E-state index contributed by atoms with van der Waals surface area (Å²) in [6.45, 7) is 4.48. The van der Waals surface area contributed by atoms with Crippen LogP contribution in [0.5, 0.6) is 11.5 Å². The first-order valence-electron chi connectivity index (χ1n) is 8.48. The molecule has 5 heteroatoms. The topological polar surface area (TPSA) is 62.6 Å². The fourth-order valence-electron chi connectivity index (χ4n) is 2.72. The fraction of sp³-hybridized carbons (Fsp3) is 0.333. The zero-order valence-electron chi connectivity index (χ0n) is 15.7. The number of hydrogen-bond donors (Lipinski definition) is 0. The summed E-state index contributed by atoms with van der Waals surface area (Å²) in [5.74, 6) is 1.37. The van der Waals surface area contributed by atoms with Gasteiger partial charge in [-0.05, 0) is 49.7 Å². The zero-order valence-corrected chi connectivity index (χ0v) is 15.7. The van der Waals surface area contributed by atoms with Gasteiger partial charge in [0.1, 0.15) is 11.5 Å². The van der Waals surface area contributed by atoms with Crippen LogP contribution in [0.15, 0.2) is 42.5 Å². The highest BCUT2D eigenvalue weighted by molar-refractivity contribution is 5.80. The summed E-state index contributed by atoms with van der Waals surface area (Å²) in [6, 6.07) is 14.9. The van der Waals surface area contributed by atoms with Crippen molar-refractivity contribution in [1.29, 1.82) is 5.26 Å². The van der Waals surface area contributed by atoms with Crippen LogP contribution in [-0.4, -0.2) is 31.1 Å². The number of carbonyl (C=O) groups is 1. The molecule has 0 atom stereocenters. The lowest BCUT2D eigenvalue weighted by atomic mass is 10.1. The minimum atomic E-state index is 0.0101. The van der Waals surface area contributed by atoms with Crippen LogP contribution < -0.4 is 9.47 Å². The molecule has 136 valence electrons. The SMILES string of the molecule is COc1ccc(OC)c(CC(=O)N(Cc2ccc(C#N)cc2)C(C)C)c1. The number of hydrogen-bond acceptors (Lipinski definition) is 4. The first kappa shape index (κ1) is 19.3. The minimum Gasteiger partial charge on any atom is -0.497 e. The summed E-state index contributed by atoms with van der Waals surface area (Å²) < 4.78 is 10.6. The maximum absolute atomic E-state index is 12.9. The first-order valence-corrected chi connectivity index (χ1v) is 8.48. The van der Waals surface area contributed by atoms with Crippen LogP contribution in [0.4, 0.5) is 0 Å². The van der Waals surface area contributed by atoms with Crippen molar-refractivity contribution in [3.05, 3.63) is 59.2 Å². The van der Waals surface area contributed by atoms with Crippen molar-refractivity contribution in [2.75, 3.05) is 14.2 Å². The van der Waals surface area contributed by atoms with Gasteiger partial charge in [-0.2, -0.15) is 5.26 Å². The van der Waals surface area contributed by atoms with Gasteiger partial charge < -0.3 is 14.4 Å². The lowest BCUT2D eigenvalue weighted by Gasteiger charge is -2.27. The van der Waals surface area contributed by atoms with E-state index in [1.807, 2.05) is 49.1 Å². The highest BCUT2D eigenvalue weighted by atomic mass is 16.5. The normalized spacial score (nSPS) is 10.3. The molecule has 0 fully saturated rings. The van der Waals surface area contributed by atoms with Crippen molar-refractivity contribution in [2.24, 2.45) is 0 Å². The molecule has 2 aromatic carbocycles. The smallest absolute Gasteiger partial charge is 0.227 e. The molecular formula is C21H24N2O3. The van der Waals surface area contributed by atoms with Crippen molar-refractivity contribution in [3.8, 4) is 17.6 Å². The van der Waals surface area contributed by atoms with E-state index in [4.69, 9.17) is 14.7 Å². The first-order chi connectivity index (χ1) is 12.5. The maximum Gasteiger partial charge on any atom is 0.227 e. The molecule has 0 radical (unpaired) electrons. The van der Waals surface area contributed by atoms with E-state index in [9.17, 15) is 4.79 Å². The van der Waals surface area contributed by atoms with Gasteiger partial charge in [0.15, 0.2) is 0 Å². The van der Waals surface area contributed by atoms with Crippen LogP contribution in [0.2, 0.25) is 0 Å². The molecule has 0 saturated heterocycles. The maximum atomic E-state index is 12.9. The third-order valence-corrected chi connectivity index (χ3v) is 4.21. The summed E-state index contributed by atoms with van der Waals surface area (Å²) in [4.78, 5) is 14.7. The van der Waals surface area contributed by atoms with Gasteiger partial charge in [0.2, 0.25) is 5.91 Å². The molecule has 2 rings (SSSR count). The number of carbonyl (C=O) groups excluding carboxylic acids is 1. The number of rotatable bonds is 7. The molecule has 0 aromatic heterocycles. The predicted octanol–water partition coefficient (Wildman–Crippen LogP) is 3.56. The number of amides is 1. The van der Waals surface area contributed by atoms with E-state index in [2.05, 4.69) is 6.07 Å². The molecule has 0 aliphatic carbocycles. The van der Waals surface area contributed by atoms with Crippen LogP contribution in [0, 0.1) is 11.3 Å². The van der Waals surface area contributed by atoms with Crippen LogP contribution in [-0.2, 0) is 17.8 Å².